The van der Waals surface area contributed by atoms with E-state index in [0.29, 0.717) is 6.42 Å². The summed E-state index contributed by atoms with van der Waals surface area (Å²) < 4.78 is 48.6. The maximum Gasteiger partial charge on any atom is 0.394 e. The third kappa shape index (κ3) is 2.56. The van der Waals surface area contributed by atoms with Crippen LogP contribution in [0.5, 0.6) is 0 Å². The van der Waals surface area contributed by atoms with E-state index in [9.17, 15) is 17.7 Å². The van der Waals surface area contributed by atoms with Crippen molar-refractivity contribution in [1.29, 1.82) is 0 Å². The van der Waals surface area contributed by atoms with E-state index in [1.807, 2.05) is 0 Å². The Morgan fingerprint density at radius 2 is 1.85 bits per heavy atom. The summed E-state index contributed by atoms with van der Waals surface area (Å²) in [6.07, 6.45) is -5.02. The second-order valence-corrected chi connectivity index (χ2v) is 3.69. The van der Waals surface area contributed by atoms with Crippen LogP contribution in [0, 0.1) is 11.8 Å². The molecule has 3 atom stereocenters. The first-order chi connectivity index (χ1) is 5.95. The second-order valence-electron chi connectivity index (χ2n) is 3.69. The highest BCUT2D eigenvalue weighted by Gasteiger charge is 2.47. The van der Waals surface area contributed by atoms with Crippen LogP contribution in [0.15, 0.2) is 0 Å². The van der Waals surface area contributed by atoms with E-state index in [1.165, 1.54) is 0 Å². The summed E-state index contributed by atoms with van der Waals surface area (Å²) in [7, 11) is 0. The van der Waals surface area contributed by atoms with Crippen LogP contribution in [0.2, 0.25) is 0 Å². The molecule has 3 unspecified atom stereocenters. The summed E-state index contributed by atoms with van der Waals surface area (Å²) in [6.45, 7) is 1.80. The molecule has 78 valence electrons. The fraction of sp³-hybridized carbons (Fsp3) is 1.00. The van der Waals surface area contributed by atoms with Crippen LogP contribution in [0.1, 0.15) is 26.2 Å². The lowest BCUT2D eigenvalue weighted by Gasteiger charge is -2.32. The van der Waals surface area contributed by atoms with Crippen LogP contribution in [-0.2, 0) is 4.94 Å². The molecule has 1 saturated carbocycles. The van der Waals surface area contributed by atoms with E-state index in [-0.39, 0.29) is 18.8 Å². The molecule has 0 heterocycles. The Labute approximate surface area is 74.0 Å². The quantitative estimate of drug-likeness (QED) is 0.590. The normalized spacial score (nSPS) is 36.2. The monoisotopic (exact) mass is 200 g/mol. The Morgan fingerprint density at radius 1 is 1.23 bits per heavy atom. The smallest absolute Gasteiger partial charge is 0.190 e. The predicted octanol–water partition coefficient (Wildman–Crippen LogP) is 3.25. The van der Waals surface area contributed by atoms with Crippen LogP contribution in [0.4, 0.5) is 17.7 Å². The van der Waals surface area contributed by atoms with Gasteiger partial charge in [-0.1, -0.05) is 6.92 Å². The number of alkyl halides is 3. The average Bonchev–Trinajstić information content (AvgIpc) is 2.01. The molecular weight excluding hydrogens is 188 g/mol. The highest BCUT2D eigenvalue weighted by Crippen LogP contribution is 2.41. The van der Waals surface area contributed by atoms with E-state index in [1.54, 1.807) is 6.92 Å². The molecule has 1 aliphatic rings. The lowest BCUT2D eigenvalue weighted by Crippen LogP contribution is -2.39. The van der Waals surface area contributed by atoms with Crippen molar-refractivity contribution < 1.29 is 22.6 Å². The fourth-order valence-electron chi connectivity index (χ4n) is 1.80. The minimum absolute atomic E-state index is 0.0285. The second kappa shape index (κ2) is 3.82. The summed E-state index contributed by atoms with van der Waals surface area (Å²) >= 11 is 0. The summed E-state index contributed by atoms with van der Waals surface area (Å²) in [5.74, 6) is -1.52. The Bertz CT molecular complexity index is 168. The molecule has 0 radical (unpaired) electrons. The van der Waals surface area contributed by atoms with Crippen molar-refractivity contribution in [3.8, 4) is 0 Å². The minimum Gasteiger partial charge on any atom is -0.190 e. The van der Waals surface area contributed by atoms with Crippen molar-refractivity contribution in [1.82, 2.24) is 0 Å². The van der Waals surface area contributed by atoms with Gasteiger partial charge < -0.3 is 0 Å². The maximum absolute atomic E-state index is 12.3. The van der Waals surface area contributed by atoms with Gasteiger partial charge in [0, 0.05) is 0 Å². The number of halogens is 4. The first kappa shape index (κ1) is 10.8. The zero-order valence-corrected chi connectivity index (χ0v) is 7.27. The molecule has 0 spiro atoms. The molecule has 1 fully saturated rings. The first-order valence-electron chi connectivity index (χ1n) is 4.29. The summed E-state index contributed by atoms with van der Waals surface area (Å²) in [5, 5.41) is 0. The molecule has 1 rings (SSSR count). The fourth-order valence-corrected chi connectivity index (χ4v) is 1.80. The molecule has 5 heteroatoms. The van der Waals surface area contributed by atoms with Crippen LogP contribution >= 0.6 is 0 Å². The van der Waals surface area contributed by atoms with Crippen molar-refractivity contribution in [3.05, 3.63) is 0 Å². The van der Waals surface area contributed by atoms with E-state index >= 15 is 0 Å². The van der Waals surface area contributed by atoms with Crippen LogP contribution in [-0.4, -0.2) is 12.3 Å². The zero-order chi connectivity index (χ0) is 10.1. The molecule has 1 aliphatic carbocycles. The van der Waals surface area contributed by atoms with E-state index in [2.05, 4.69) is 4.94 Å². The SMILES string of the molecule is CC1CCC(C(F)(F)F)C(OF)C1. The largest absolute Gasteiger partial charge is 0.394 e. The highest BCUT2D eigenvalue weighted by molar-refractivity contribution is 4.83. The Kier molecular flexibility index (Phi) is 3.16. The van der Waals surface area contributed by atoms with Gasteiger partial charge in [-0.05, 0) is 29.7 Å². The first-order valence-corrected chi connectivity index (χ1v) is 4.29. The topological polar surface area (TPSA) is 9.23 Å². The maximum atomic E-state index is 12.3. The Balaban J connectivity index is 2.63. The third-order valence-electron chi connectivity index (χ3n) is 2.59. The van der Waals surface area contributed by atoms with Crippen molar-refractivity contribution in [2.24, 2.45) is 11.8 Å². The molecule has 0 bridgehead atoms. The van der Waals surface area contributed by atoms with Crippen molar-refractivity contribution in [2.75, 3.05) is 0 Å². The van der Waals surface area contributed by atoms with Gasteiger partial charge in [-0.2, -0.15) is 18.1 Å². The molecule has 0 aromatic carbocycles. The molecule has 0 N–H and O–H groups in total. The molecule has 13 heavy (non-hydrogen) atoms. The Morgan fingerprint density at radius 3 is 2.31 bits per heavy atom. The van der Waals surface area contributed by atoms with Gasteiger partial charge in [-0.3, -0.25) is 0 Å². The van der Waals surface area contributed by atoms with Gasteiger partial charge in [-0.15, -0.1) is 0 Å². The van der Waals surface area contributed by atoms with E-state index < -0.39 is 18.2 Å². The minimum atomic E-state index is -4.34. The lowest BCUT2D eigenvalue weighted by molar-refractivity contribution is -0.273. The Hall–Kier alpha value is -0.320. The summed E-state index contributed by atoms with van der Waals surface area (Å²) in [4.78, 5) is 3.38. The molecule has 0 saturated heterocycles. The van der Waals surface area contributed by atoms with Gasteiger partial charge in [0.1, 0.15) is 6.10 Å². The molecule has 0 aliphatic heterocycles. The van der Waals surface area contributed by atoms with Gasteiger partial charge in [0.2, 0.25) is 0 Å². The lowest BCUT2D eigenvalue weighted by atomic mass is 9.80. The van der Waals surface area contributed by atoms with Gasteiger partial charge in [0.05, 0.1) is 5.92 Å². The highest BCUT2D eigenvalue weighted by atomic mass is 19.4. The van der Waals surface area contributed by atoms with Crippen LogP contribution in [0.3, 0.4) is 0 Å². The van der Waals surface area contributed by atoms with Crippen molar-refractivity contribution in [2.45, 2.75) is 38.5 Å². The molecule has 0 aromatic heterocycles. The summed E-state index contributed by atoms with van der Waals surface area (Å²) in [5.41, 5.74) is 0. The molecule has 0 amide bonds. The summed E-state index contributed by atoms with van der Waals surface area (Å²) in [6, 6.07) is 0. The third-order valence-corrected chi connectivity index (χ3v) is 2.59. The van der Waals surface area contributed by atoms with Gasteiger partial charge in [0.25, 0.3) is 0 Å². The molecule has 0 aromatic rings. The average molecular weight is 200 g/mol. The predicted molar refractivity (Wildman–Crippen MR) is 38.5 cm³/mol. The van der Waals surface area contributed by atoms with E-state index in [4.69, 9.17) is 0 Å². The number of hydrogen-bond donors (Lipinski definition) is 0. The van der Waals surface area contributed by atoms with Crippen LogP contribution in [0.25, 0.3) is 0 Å². The number of hydrogen-bond acceptors (Lipinski definition) is 1. The van der Waals surface area contributed by atoms with Gasteiger partial charge >= 0.3 is 6.18 Å². The van der Waals surface area contributed by atoms with Crippen molar-refractivity contribution in [3.63, 3.8) is 0 Å². The zero-order valence-electron chi connectivity index (χ0n) is 7.27. The van der Waals surface area contributed by atoms with Crippen LogP contribution < -0.4 is 0 Å². The molecular formula is C8H12F4O. The van der Waals surface area contributed by atoms with Gasteiger partial charge in [-0.25, -0.2) is 0 Å². The van der Waals surface area contributed by atoms with Gasteiger partial charge in [0.15, 0.2) is 0 Å². The molecule has 1 nitrogen and oxygen atoms in total. The standard InChI is InChI=1S/C8H12F4O/c1-5-2-3-6(8(9,10)11)7(4-5)13-12/h5-7H,2-4H2,1H3. The van der Waals surface area contributed by atoms with E-state index in [0.717, 1.165) is 0 Å². The number of rotatable bonds is 1. The van der Waals surface area contributed by atoms with Crippen molar-refractivity contribution >= 4 is 0 Å².